The van der Waals surface area contributed by atoms with Crippen LogP contribution in [0.4, 0.5) is 0 Å². The molecule has 0 bridgehead atoms. The minimum Gasteiger partial charge on any atom is -0.497 e. The van der Waals surface area contributed by atoms with Gasteiger partial charge in [-0.1, -0.05) is 18.2 Å². The van der Waals surface area contributed by atoms with E-state index in [1.807, 2.05) is 36.6 Å². The average Bonchev–Trinajstić information content (AvgIpc) is 3.23. The number of benzene rings is 1. The van der Waals surface area contributed by atoms with E-state index in [4.69, 9.17) is 4.74 Å². The van der Waals surface area contributed by atoms with E-state index in [1.54, 1.807) is 7.11 Å². The van der Waals surface area contributed by atoms with Gasteiger partial charge in [-0.2, -0.15) is 0 Å². The fourth-order valence-corrected chi connectivity index (χ4v) is 3.07. The summed E-state index contributed by atoms with van der Waals surface area (Å²) in [6.45, 7) is 4.92. The van der Waals surface area contributed by atoms with Crippen LogP contribution in [0.1, 0.15) is 28.6 Å². The minimum absolute atomic E-state index is 0.0153. The number of amides is 1. The third-order valence-corrected chi connectivity index (χ3v) is 4.71. The predicted molar refractivity (Wildman–Crippen MR) is 112 cm³/mol. The first-order valence-corrected chi connectivity index (χ1v) is 10.1. The Labute approximate surface area is 165 Å². The zero-order valence-electron chi connectivity index (χ0n) is 16.0. The molecule has 0 aliphatic heterocycles. The van der Waals surface area contributed by atoms with Gasteiger partial charge in [0.05, 0.1) is 12.0 Å². The summed E-state index contributed by atoms with van der Waals surface area (Å²) in [7, 11) is 1.67. The molecule has 0 saturated heterocycles. The van der Waals surface area contributed by atoms with E-state index in [0.717, 1.165) is 42.5 Å². The topological polar surface area (TPSA) is 74.8 Å². The largest absolute Gasteiger partial charge is 0.497 e. The van der Waals surface area contributed by atoms with Gasteiger partial charge in [0.2, 0.25) is 0 Å². The Morgan fingerprint density at radius 2 is 1.93 bits per heavy atom. The SMILES string of the molecule is CCNC(=NCCCNC(=O)c1cccs1)NCCc1ccc(OC)cc1. The Bertz CT molecular complexity index is 699. The maximum atomic E-state index is 11.9. The number of nitrogens with zero attached hydrogens (tertiary/aromatic N) is 1. The molecule has 0 aliphatic carbocycles. The van der Waals surface area contributed by atoms with E-state index in [0.29, 0.717) is 13.1 Å². The third-order valence-electron chi connectivity index (χ3n) is 3.84. The zero-order valence-corrected chi connectivity index (χ0v) is 16.8. The van der Waals surface area contributed by atoms with Crippen LogP contribution in [0.2, 0.25) is 0 Å². The normalized spacial score (nSPS) is 11.1. The number of thiophene rings is 1. The molecule has 0 atom stereocenters. The van der Waals surface area contributed by atoms with E-state index in [1.165, 1.54) is 16.9 Å². The minimum atomic E-state index is -0.0153. The number of ether oxygens (including phenoxy) is 1. The smallest absolute Gasteiger partial charge is 0.261 e. The average molecular weight is 389 g/mol. The van der Waals surface area contributed by atoms with Crippen LogP contribution < -0.4 is 20.7 Å². The highest BCUT2D eigenvalue weighted by Crippen LogP contribution is 2.11. The lowest BCUT2D eigenvalue weighted by Gasteiger charge is -2.11. The van der Waals surface area contributed by atoms with Gasteiger partial charge >= 0.3 is 0 Å². The molecule has 3 N–H and O–H groups in total. The number of hydrogen-bond donors (Lipinski definition) is 3. The molecule has 0 aliphatic rings. The molecule has 1 aromatic heterocycles. The van der Waals surface area contributed by atoms with Crippen LogP contribution in [0, 0.1) is 0 Å². The van der Waals surface area contributed by atoms with Gasteiger partial charge in [-0.05, 0) is 48.9 Å². The van der Waals surface area contributed by atoms with Gasteiger partial charge in [0, 0.05) is 26.2 Å². The fraction of sp³-hybridized carbons (Fsp3) is 0.400. The van der Waals surface area contributed by atoms with Crippen LogP contribution in [0.3, 0.4) is 0 Å². The van der Waals surface area contributed by atoms with Gasteiger partial charge in [-0.15, -0.1) is 11.3 Å². The Morgan fingerprint density at radius 1 is 1.11 bits per heavy atom. The Kier molecular flexibility index (Phi) is 9.20. The molecule has 2 aromatic rings. The monoisotopic (exact) mass is 388 g/mol. The molecule has 7 heteroatoms. The van der Waals surface area contributed by atoms with Crippen molar-refractivity contribution >= 4 is 23.2 Å². The number of methoxy groups -OCH3 is 1. The summed E-state index contributed by atoms with van der Waals surface area (Å²) < 4.78 is 5.17. The Balaban J connectivity index is 1.67. The van der Waals surface area contributed by atoms with Crippen LogP contribution >= 0.6 is 11.3 Å². The van der Waals surface area contributed by atoms with Crippen molar-refractivity contribution in [2.45, 2.75) is 19.8 Å². The van der Waals surface area contributed by atoms with Gasteiger partial charge in [-0.3, -0.25) is 9.79 Å². The van der Waals surface area contributed by atoms with Gasteiger partial charge in [-0.25, -0.2) is 0 Å². The summed E-state index contributed by atoms with van der Waals surface area (Å²) in [5, 5.41) is 11.4. The standard InChI is InChI=1S/C20H28N4O2S/c1-3-21-20(24-14-11-16-7-9-17(26-2)10-8-16)23-13-5-12-22-19(25)18-6-4-15-27-18/h4,6-10,15H,3,5,11-14H2,1-2H3,(H,22,25)(H2,21,23,24). The second-order valence-corrected chi connectivity index (χ2v) is 6.82. The maximum Gasteiger partial charge on any atom is 0.261 e. The van der Waals surface area contributed by atoms with Crippen molar-refractivity contribution in [3.05, 3.63) is 52.2 Å². The lowest BCUT2D eigenvalue weighted by molar-refractivity contribution is 0.0957. The molecule has 0 spiro atoms. The Morgan fingerprint density at radius 3 is 2.59 bits per heavy atom. The van der Waals surface area contributed by atoms with Crippen molar-refractivity contribution in [3.63, 3.8) is 0 Å². The van der Waals surface area contributed by atoms with Gasteiger partial charge < -0.3 is 20.7 Å². The molecule has 6 nitrogen and oxygen atoms in total. The molecule has 0 saturated carbocycles. The molecule has 146 valence electrons. The highest BCUT2D eigenvalue weighted by Gasteiger charge is 2.04. The lowest BCUT2D eigenvalue weighted by Crippen LogP contribution is -2.38. The number of rotatable bonds is 10. The van der Waals surface area contributed by atoms with Crippen LogP contribution in [-0.2, 0) is 6.42 Å². The van der Waals surface area contributed by atoms with Gasteiger partial charge in [0.1, 0.15) is 5.75 Å². The van der Waals surface area contributed by atoms with E-state index in [2.05, 4.69) is 33.1 Å². The van der Waals surface area contributed by atoms with Gasteiger partial charge in [0.25, 0.3) is 5.91 Å². The molecule has 0 unspecified atom stereocenters. The van der Waals surface area contributed by atoms with Crippen molar-refractivity contribution in [2.75, 3.05) is 33.3 Å². The predicted octanol–water partition coefficient (Wildman–Crippen LogP) is 2.67. The number of carbonyl (C=O) groups excluding carboxylic acids is 1. The highest BCUT2D eigenvalue weighted by molar-refractivity contribution is 7.12. The quantitative estimate of drug-likeness (QED) is 0.332. The lowest BCUT2D eigenvalue weighted by atomic mass is 10.1. The van der Waals surface area contributed by atoms with Crippen LogP contribution in [0.5, 0.6) is 5.75 Å². The summed E-state index contributed by atoms with van der Waals surface area (Å²) in [5.74, 6) is 1.65. The number of aliphatic imine (C=N–C) groups is 1. The van der Waals surface area contributed by atoms with E-state index < -0.39 is 0 Å². The second-order valence-electron chi connectivity index (χ2n) is 5.87. The summed E-state index contributed by atoms with van der Waals surface area (Å²) >= 11 is 1.45. The molecular formula is C20H28N4O2S. The molecule has 0 fully saturated rings. The van der Waals surface area contributed by atoms with Crippen molar-refractivity contribution in [1.29, 1.82) is 0 Å². The number of nitrogens with one attached hydrogen (secondary N) is 3. The Hall–Kier alpha value is -2.54. The summed E-state index contributed by atoms with van der Waals surface area (Å²) in [4.78, 5) is 17.2. The van der Waals surface area contributed by atoms with Gasteiger partial charge in [0.15, 0.2) is 5.96 Å². The molecule has 2 rings (SSSR count). The van der Waals surface area contributed by atoms with E-state index in [9.17, 15) is 4.79 Å². The number of guanidine groups is 1. The first-order chi connectivity index (χ1) is 13.2. The van der Waals surface area contributed by atoms with E-state index >= 15 is 0 Å². The van der Waals surface area contributed by atoms with Crippen LogP contribution in [0.25, 0.3) is 0 Å². The highest BCUT2D eigenvalue weighted by atomic mass is 32.1. The first-order valence-electron chi connectivity index (χ1n) is 9.19. The molecule has 1 amide bonds. The molecule has 0 radical (unpaired) electrons. The van der Waals surface area contributed by atoms with Crippen molar-refractivity contribution in [2.24, 2.45) is 4.99 Å². The maximum absolute atomic E-state index is 11.9. The molecule has 1 heterocycles. The number of hydrogen-bond acceptors (Lipinski definition) is 4. The number of carbonyl (C=O) groups is 1. The molecule has 1 aromatic carbocycles. The molecule has 27 heavy (non-hydrogen) atoms. The van der Waals surface area contributed by atoms with Crippen molar-refractivity contribution in [1.82, 2.24) is 16.0 Å². The summed E-state index contributed by atoms with van der Waals surface area (Å²) in [5.41, 5.74) is 1.25. The van der Waals surface area contributed by atoms with Crippen molar-refractivity contribution < 1.29 is 9.53 Å². The van der Waals surface area contributed by atoms with Crippen LogP contribution in [0.15, 0.2) is 46.8 Å². The van der Waals surface area contributed by atoms with Crippen molar-refractivity contribution in [3.8, 4) is 5.75 Å². The third kappa shape index (κ3) is 7.70. The zero-order chi connectivity index (χ0) is 19.3. The fourth-order valence-electron chi connectivity index (χ4n) is 2.43. The van der Waals surface area contributed by atoms with Crippen LogP contribution in [-0.4, -0.2) is 45.2 Å². The second kappa shape index (κ2) is 12.0. The summed E-state index contributed by atoms with van der Waals surface area (Å²) in [6, 6.07) is 11.8. The van der Waals surface area contributed by atoms with E-state index in [-0.39, 0.29) is 5.91 Å². The first kappa shape index (κ1) is 20.8. The summed E-state index contributed by atoms with van der Waals surface area (Å²) in [6.07, 6.45) is 1.71. The molecular weight excluding hydrogens is 360 g/mol.